The number of ketones is 1. The molecule has 1 spiro atoms. The third-order valence-corrected chi connectivity index (χ3v) is 8.81. The van der Waals surface area contributed by atoms with Gasteiger partial charge in [0.1, 0.15) is 18.0 Å². The monoisotopic (exact) mass is 523 g/mol. The zero-order chi connectivity index (χ0) is 26.3. The molecular formula is C25H28F3N3O4S. The molecule has 7 nitrogen and oxygen atoms in total. The minimum absolute atomic E-state index is 0.192. The molecule has 4 rings (SSSR count). The molecule has 1 aliphatic carbocycles. The predicted molar refractivity (Wildman–Crippen MR) is 128 cm³/mol. The number of halogens is 3. The second-order valence-electron chi connectivity index (χ2n) is 9.54. The first-order valence-corrected chi connectivity index (χ1v) is 13.1. The van der Waals surface area contributed by atoms with Gasteiger partial charge in [-0.25, -0.2) is 0 Å². The molecule has 11 heteroatoms. The summed E-state index contributed by atoms with van der Waals surface area (Å²) in [4.78, 5) is 16.4. The van der Waals surface area contributed by atoms with Crippen molar-refractivity contribution in [2.75, 3.05) is 13.1 Å². The van der Waals surface area contributed by atoms with Crippen molar-refractivity contribution in [1.29, 1.82) is 0 Å². The maximum Gasteiger partial charge on any atom is 0.402 e. The fourth-order valence-electron chi connectivity index (χ4n) is 5.36. The molecule has 1 aromatic carbocycles. The van der Waals surface area contributed by atoms with Crippen molar-refractivity contribution in [2.24, 2.45) is 11.8 Å². The molecule has 1 fully saturated rings. The van der Waals surface area contributed by atoms with Gasteiger partial charge in [0, 0.05) is 24.4 Å². The topological polar surface area (TPSA) is 99.6 Å². The first kappa shape index (κ1) is 26.3. The molecule has 0 amide bonds. The van der Waals surface area contributed by atoms with Gasteiger partial charge in [0.05, 0.1) is 5.54 Å². The number of alkyl halides is 3. The van der Waals surface area contributed by atoms with E-state index in [1.807, 2.05) is 19.9 Å². The molecule has 2 aliphatic rings. The van der Waals surface area contributed by atoms with Crippen LogP contribution < -0.4 is 4.72 Å². The Hall–Kier alpha value is -2.76. The van der Waals surface area contributed by atoms with Crippen molar-refractivity contribution < 1.29 is 31.5 Å². The van der Waals surface area contributed by atoms with Crippen LogP contribution >= 0.6 is 0 Å². The quantitative estimate of drug-likeness (QED) is 0.350. The Balaban J connectivity index is 1.65. The van der Waals surface area contributed by atoms with Crippen LogP contribution in [0.15, 0.2) is 48.7 Å². The fourth-order valence-corrected chi connectivity index (χ4v) is 7.10. The Morgan fingerprint density at radius 3 is 2.64 bits per heavy atom. The fraction of sp³-hybridized carbons (Fsp3) is 0.440. The van der Waals surface area contributed by atoms with Gasteiger partial charge in [0.2, 0.25) is 5.78 Å². The molecule has 3 atom stereocenters. The average molecular weight is 524 g/mol. The number of benzene rings is 1. The number of aromatic nitrogens is 1. The van der Waals surface area contributed by atoms with Crippen molar-refractivity contribution in [1.82, 2.24) is 14.0 Å². The number of aliphatic hydroxyl groups excluding tert-OH is 1. The molecule has 2 heterocycles. The van der Waals surface area contributed by atoms with Crippen LogP contribution in [0, 0.1) is 11.8 Å². The van der Waals surface area contributed by atoms with Gasteiger partial charge < -0.3 is 5.11 Å². The SMILES string of the molecule is CC[C@@H]1Cc2cc(/C(O)=C/C(=O)c3ccccn3)ccc2C[C@H](C)[C@]12CN(CC(F)(F)F)S(=O)(=O)N2. The number of nitrogens with one attached hydrogen (secondary N) is 1. The molecule has 0 radical (unpaired) electrons. The maximum absolute atomic E-state index is 13.1. The number of nitrogens with zero attached hydrogens (tertiary/aromatic N) is 2. The Morgan fingerprint density at radius 2 is 2.00 bits per heavy atom. The average Bonchev–Trinajstić information content (AvgIpc) is 3.01. The van der Waals surface area contributed by atoms with Gasteiger partial charge in [-0.2, -0.15) is 30.6 Å². The highest BCUT2D eigenvalue weighted by Crippen LogP contribution is 2.43. The number of hydrogen-bond acceptors (Lipinski definition) is 5. The standard InChI is InChI=1S/C25H28F3N3O4S/c1-3-20-12-19-11-18(22(32)13-23(33)21-6-4-5-9-29-21)8-7-17(19)10-16(2)24(20)14-31(15-25(26,27)28)36(34,35)30-24/h4-9,11,13,16,20,30,32H,3,10,12,14-15H2,1-2H3/b22-13-/t16-,20+,24+/m0/s1. The van der Waals surface area contributed by atoms with E-state index >= 15 is 0 Å². The number of carbonyl (C=O) groups is 1. The lowest BCUT2D eigenvalue weighted by Crippen LogP contribution is -2.55. The summed E-state index contributed by atoms with van der Waals surface area (Å²) in [6, 6.07) is 10.1. The summed E-state index contributed by atoms with van der Waals surface area (Å²) in [5, 5.41) is 10.6. The minimum Gasteiger partial charge on any atom is -0.507 e. The number of rotatable bonds is 5. The molecule has 1 aromatic heterocycles. The predicted octanol–water partition coefficient (Wildman–Crippen LogP) is 4.08. The zero-order valence-corrected chi connectivity index (χ0v) is 20.7. The Labute approximate surface area is 208 Å². The summed E-state index contributed by atoms with van der Waals surface area (Å²) in [7, 11) is -4.30. The third kappa shape index (κ3) is 5.18. The van der Waals surface area contributed by atoms with Gasteiger partial charge in [0.25, 0.3) is 10.2 Å². The molecule has 194 valence electrons. The molecular weight excluding hydrogens is 495 g/mol. The first-order valence-electron chi connectivity index (χ1n) is 11.7. The van der Waals surface area contributed by atoms with Crippen LogP contribution in [0.2, 0.25) is 0 Å². The maximum atomic E-state index is 13.1. The van der Waals surface area contributed by atoms with E-state index in [1.54, 1.807) is 30.3 Å². The van der Waals surface area contributed by atoms with Gasteiger partial charge in [0.15, 0.2) is 0 Å². The van der Waals surface area contributed by atoms with E-state index in [0.717, 1.165) is 17.2 Å². The third-order valence-electron chi connectivity index (χ3n) is 7.23. The zero-order valence-electron chi connectivity index (χ0n) is 19.9. The Bertz CT molecular complexity index is 1280. The van der Waals surface area contributed by atoms with E-state index < -0.39 is 34.3 Å². The lowest BCUT2D eigenvalue weighted by atomic mass is 9.72. The van der Waals surface area contributed by atoms with Crippen molar-refractivity contribution in [3.63, 3.8) is 0 Å². The minimum atomic E-state index is -4.65. The molecule has 2 aromatic rings. The summed E-state index contributed by atoms with van der Waals surface area (Å²) in [5.74, 6) is -1.24. The lowest BCUT2D eigenvalue weighted by Gasteiger charge is -2.39. The van der Waals surface area contributed by atoms with Crippen molar-refractivity contribution in [3.05, 3.63) is 71.1 Å². The van der Waals surface area contributed by atoms with Crippen LogP contribution in [0.25, 0.3) is 5.76 Å². The van der Waals surface area contributed by atoms with Crippen LogP contribution in [-0.2, 0) is 23.1 Å². The number of carbonyl (C=O) groups excluding carboxylic acids is 1. The Morgan fingerprint density at radius 1 is 1.25 bits per heavy atom. The van der Waals surface area contributed by atoms with E-state index in [9.17, 15) is 31.5 Å². The largest absolute Gasteiger partial charge is 0.507 e. The van der Waals surface area contributed by atoms with Crippen molar-refractivity contribution in [3.8, 4) is 0 Å². The van der Waals surface area contributed by atoms with E-state index in [4.69, 9.17) is 0 Å². The van der Waals surface area contributed by atoms with Gasteiger partial charge in [-0.3, -0.25) is 9.78 Å². The van der Waals surface area contributed by atoms with Gasteiger partial charge in [-0.15, -0.1) is 0 Å². The summed E-state index contributed by atoms with van der Waals surface area (Å²) in [6.45, 7) is 1.94. The van der Waals surface area contributed by atoms with Crippen molar-refractivity contribution >= 4 is 21.8 Å². The number of allylic oxidation sites excluding steroid dienone is 1. The first-order chi connectivity index (χ1) is 16.8. The smallest absolute Gasteiger partial charge is 0.402 e. The molecule has 1 saturated heterocycles. The van der Waals surface area contributed by atoms with Crippen LogP contribution in [-0.4, -0.2) is 53.4 Å². The summed E-state index contributed by atoms with van der Waals surface area (Å²) in [5.41, 5.74) is 1.34. The summed E-state index contributed by atoms with van der Waals surface area (Å²) >= 11 is 0. The second kappa shape index (κ2) is 9.60. The Kier molecular flexibility index (Phi) is 7.02. The van der Waals surface area contributed by atoms with E-state index in [2.05, 4.69) is 9.71 Å². The lowest BCUT2D eigenvalue weighted by molar-refractivity contribution is -0.136. The normalized spacial score (nSPS) is 26.5. The number of pyridine rings is 1. The molecule has 36 heavy (non-hydrogen) atoms. The highest BCUT2D eigenvalue weighted by atomic mass is 32.2. The highest BCUT2D eigenvalue weighted by Gasteiger charge is 2.56. The summed E-state index contributed by atoms with van der Waals surface area (Å²) < 4.78 is 67.8. The van der Waals surface area contributed by atoms with Crippen molar-refractivity contribution in [2.45, 2.75) is 44.8 Å². The molecule has 0 bridgehead atoms. The number of fused-ring (bicyclic) bond motifs is 1. The molecule has 0 unspecified atom stereocenters. The van der Waals surface area contributed by atoms with Gasteiger partial charge in [-0.1, -0.05) is 38.5 Å². The molecule has 1 aliphatic heterocycles. The van der Waals surface area contributed by atoms with E-state index in [0.29, 0.717) is 29.1 Å². The van der Waals surface area contributed by atoms with E-state index in [1.165, 1.54) is 6.20 Å². The molecule has 0 saturated carbocycles. The van der Waals surface area contributed by atoms with Gasteiger partial charge >= 0.3 is 6.18 Å². The van der Waals surface area contributed by atoms with Crippen LogP contribution in [0.4, 0.5) is 13.2 Å². The second-order valence-corrected chi connectivity index (χ2v) is 11.2. The van der Waals surface area contributed by atoms with Crippen LogP contribution in [0.3, 0.4) is 0 Å². The summed E-state index contributed by atoms with van der Waals surface area (Å²) in [6.07, 6.45) is -0.668. The number of aliphatic hydroxyl groups is 1. The number of hydrogen-bond donors (Lipinski definition) is 2. The van der Waals surface area contributed by atoms with Crippen LogP contribution in [0.5, 0.6) is 0 Å². The highest BCUT2D eigenvalue weighted by molar-refractivity contribution is 7.87. The molecule has 2 N–H and O–H groups in total. The van der Waals surface area contributed by atoms with E-state index in [-0.39, 0.29) is 29.8 Å². The van der Waals surface area contributed by atoms with Crippen LogP contribution in [0.1, 0.15) is 47.4 Å². The van der Waals surface area contributed by atoms with Gasteiger partial charge in [-0.05, 0) is 54.0 Å².